The Morgan fingerprint density at radius 2 is 1.64 bits per heavy atom. The van der Waals surface area contributed by atoms with E-state index in [1.165, 1.54) is 12.1 Å². The zero-order chi connectivity index (χ0) is 19.6. The lowest BCUT2D eigenvalue weighted by Gasteiger charge is -2.13. The summed E-state index contributed by atoms with van der Waals surface area (Å²) >= 11 is 0. The molecule has 1 saturated carbocycles. The Hall–Kier alpha value is -3.17. The molecule has 0 bridgehead atoms. The lowest BCUT2D eigenvalue weighted by atomic mass is 10.1. The first-order valence-electron chi connectivity index (χ1n) is 8.78. The van der Waals surface area contributed by atoms with Gasteiger partial charge in [-0.15, -0.1) is 0 Å². The van der Waals surface area contributed by atoms with Crippen molar-refractivity contribution in [3.8, 4) is 11.3 Å². The minimum atomic E-state index is -4.21. The topological polar surface area (TPSA) is 116 Å². The summed E-state index contributed by atoms with van der Waals surface area (Å²) in [6.07, 6.45) is 2.22. The molecule has 4 rings (SSSR count). The Balaban J connectivity index is 1.54. The second kappa shape index (κ2) is 7.45. The van der Waals surface area contributed by atoms with Gasteiger partial charge in [0.1, 0.15) is 0 Å². The number of hydrazine groups is 1. The third-order valence-electron chi connectivity index (χ3n) is 4.19. The molecule has 0 amide bonds. The van der Waals surface area contributed by atoms with Gasteiger partial charge in [-0.2, -0.15) is 13.4 Å². The van der Waals surface area contributed by atoms with E-state index < -0.39 is 10.1 Å². The number of aromatic nitrogens is 2. The van der Waals surface area contributed by atoms with Gasteiger partial charge in [0, 0.05) is 17.7 Å². The number of nitrogens with zero attached hydrogens (tertiary/aromatic N) is 2. The quantitative estimate of drug-likeness (QED) is 0.354. The van der Waals surface area contributed by atoms with Gasteiger partial charge in [-0.3, -0.25) is 15.4 Å². The van der Waals surface area contributed by atoms with Crippen molar-refractivity contribution in [1.29, 1.82) is 0 Å². The van der Waals surface area contributed by atoms with Crippen LogP contribution in [0.4, 0.5) is 17.5 Å². The Kier molecular flexibility index (Phi) is 4.84. The fourth-order valence-corrected chi connectivity index (χ4v) is 3.07. The van der Waals surface area contributed by atoms with Crippen LogP contribution in [0.1, 0.15) is 12.8 Å². The Labute approximate surface area is 162 Å². The van der Waals surface area contributed by atoms with Gasteiger partial charge in [-0.05, 0) is 37.1 Å². The molecule has 2 aromatic carbocycles. The van der Waals surface area contributed by atoms with Crippen LogP contribution in [0, 0.1) is 0 Å². The molecule has 4 N–H and O–H groups in total. The maximum Gasteiger partial charge on any atom is 0.294 e. The first kappa shape index (κ1) is 18.2. The van der Waals surface area contributed by atoms with Gasteiger partial charge in [0.15, 0.2) is 5.82 Å². The summed E-state index contributed by atoms with van der Waals surface area (Å²) in [6.45, 7) is 0. The van der Waals surface area contributed by atoms with Crippen molar-refractivity contribution in [3.63, 3.8) is 0 Å². The average molecular weight is 397 g/mol. The van der Waals surface area contributed by atoms with E-state index in [-0.39, 0.29) is 4.90 Å². The summed E-state index contributed by atoms with van der Waals surface area (Å²) in [5, 5.41) is 3.30. The largest absolute Gasteiger partial charge is 0.351 e. The number of anilines is 3. The van der Waals surface area contributed by atoms with E-state index in [0.717, 1.165) is 24.1 Å². The molecule has 0 unspecified atom stereocenters. The Morgan fingerprint density at radius 3 is 2.29 bits per heavy atom. The number of hydrogen-bond acceptors (Lipinski definition) is 7. The molecule has 0 aliphatic heterocycles. The monoisotopic (exact) mass is 397 g/mol. The van der Waals surface area contributed by atoms with Crippen LogP contribution in [0.2, 0.25) is 0 Å². The van der Waals surface area contributed by atoms with Gasteiger partial charge in [0.05, 0.1) is 16.3 Å². The Morgan fingerprint density at radius 1 is 0.929 bits per heavy atom. The van der Waals surface area contributed by atoms with Crippen LogP contribution < -0.4 is 16.2 Å². The van der Waals surface area contributed by atoms with Crippen molar-refractivity contribution in [3.05, 3.63) is 60.7 Å². The average Bonchev–Trinajstić information content (AvgIpc) is 3.50. The zero-order valence-corrected chi connectivity index (χ0v) is 15.6. The van der Waals surface area contributed by atoms with E-state index in [0.29, 0.717) is 23.5 Å². The van der Waals surface area contributed by atoms with Crippen molar-refractivity contribution >= 4 is 27.6 Å². The second-order valence-corrected chi connectivity index (χ2v) is 7.92. The van der Waals surface area contributed by atoms with Crippen LogP contribution in [0.5, 0.6) is 0 Å². The van der Waals surface area contributed by atoms with Crippen LogP contribution in [0.25, 0.3) is 11.3 Å². The number of rotatable bonds is 7. The molecule has 1 aromatic heterocycles. The summed E-state index contributed by atoms with van der Waals surface area (Å²) in [6, 6.07) is 17.8. The van der Waals surface area contributed by atoms with E-state index in [4.69, 9.17) is 4.55 Å². The van der Waals surface area contributed by atoms with E-state index >= 15 is 0 Å². The molecule has 1 aliphatic rings. The van der Waals surface area contributed by atoms with E-state index in [1.54, 1.807) is 12.1 Å². The van der Waals surface area contributed by atoms with Gasteiger partial charge in [0.2, 0.25) is 5.95 Å². The first-order chi connectivity index (χ1) is 13.5. The highest BCUT2D eigenvalue weighted by Crippen LogP contribution is 2.26. The molecular formula is C19H19N5O3S. The van der Waals surface area contributed by atoms with Gasteiger partial charge in [-0.25, -0.2) is 4.98 Å². The molecular weight excluding hydrogens is 378 g/mol. The van der Waals surface area contributed by atoms with Gasteiger partial charge in [-0.1, -0.05) is 30.3 Å². The van der Waals surface area contributed by atoms with Crippen LogP contribution in [-0.4, -0.2) is 29.0 Å². The molecule has 0 atom stereocenters. The lowest BCUT2D eigenvalue weighted by molar-refractivity contribution is 0.483. The molecule has 0 saturated heterocycles. The van der Waals surface area contributed by atoms with E-state index in [9.17, 15) is 8.42 Å². The van der Waals surface area contributed by atoms with Crippen molar-refractivity contribution in [2.45, 2.75) is 23.8 Å². The number of hydrogen-bond donors (Lipinski definition) is 4. The minimum absolute atomic E-state index is 0.164. The third-order valence-corrected chi connectivity index (χ3v) is 5.06. The predicted octanol–water partition coefficient (Wildman–Crippen LogP) is 3.40. The SMILES string of the molecule is O=S(=O)(O)c1ccc(NNc2cc(-c3ccccc3)nc(NC3CC3)n2)cc1. The van der Waals surface area contributed by atoms with Crippen molar-refractivity contribution < 1.29 is 13.0 Å². The van der Waals surface area contributed by atoms with Crippen molar-refractivity contribution in [1.82, 2.24) is 9.97 Å². The molecule has 1 heterocycles. The normalized spacial score (nSPS) is 13.8. The van der Waals surface area contributed by atoms with Gasteiger partial charge < -0.3 is 5.32 Å². The van der Waals surface area contributed by atoms with Crippen molar-refractivity contribution in [2.75, 3.05) is 16.2 Å². The van der Waals surface area contributed by atoms with Crippen LogP contribution >= 0.6 is 0 Å². The molecule has 1 aliphatic carbocycles. The fourth-order valence-electron chi connectivity index (χ4n) is 2.59. The van der Waals surface area contributed by atoms with Crippen molar-refractivity contribution in [2.24, 2.45) is 0 Å². The smallest absolute Gasteiger partial charge is 0.294 e. The minimum Gasteiger partial charge on any atom is -0.351 e. The molecule has 9 heteroatoms. The fraction of sp³-hybridized carbons (Fsp3) is 0.158. The Bertz CT molecular complexity index is 1070. The summed E-state index contributed by atoms with van der Waals surface area (Å²) in [7, 11) is -4.21. The molecule has 0 radical (unpaired) electrons. The molecule has 0 spiro atoms. The maximum atomic E-state index is 11.1. The molecule has 144 valence electrons. The summed E-state index contributed by atoms with van der Waals surface area (Å²) in [5.41, 5.74) is 8.35. The first-order valence-corrected chi connectivity index (χ1v) is 10.2. The third kappa shape index (κ3) is 4.56. The van der Waals surface area contributed by atoms with Gasteiger partial charge in [0.25, 0.3) is 10.1 Å². The van der Waals surface area contributed by atoms with Gasteiger partial charge >= 0.3 is 0 Å². The molecule has 8 nitrogen and oxygen atoms in total. The standard InChI is InChI=1S/C19H19N5O3S/c25-28(26,27)16-10-8-15(9-11-16)23-24-18-12-17(13-4-2-1-3-5-13)21-19(22-18)20-14-6-7-14/h1-5,8-12,14,23H,6-7H2,(H,25,26,27)(H2,20,21,22,24). The lowest BCUT2D eigenvalue weighted by Crippen LogP contribution is -2.13. The molecule has 3 aromatic rings. The predicted molar refractivity (Wildman–Crippen MR) is 108 cm³/mol. The summed E-state index contributed by atoms with van der Waals surface area (Å²) in [5.74, 6) is 1.12. The van der Waals surface area contributed by atoms with E-state index in [1.807, 2.05) is 36.4 Å². The van der Waals surface area contributed by atoms with E-state index in [2.05, 4.69) is 26.1 Å². The highest BCUT2D eigenvalue weighted by atomic mass is 32.2. The maximum absolute atomic E-state index is 11.1. The zero-order valence-electron chi connectivity index (χ0n) is 14.8. The summed E-state index contributed by atoms with van der Waals surface area (Å²) in [4.78, 5) is 8.91. The van der Waals surface area contributed by atoms with Crippen LogP contribution in [-0.2, 0) is 10.1 Å². The second-order valence-electron chi connectivity index (χ2n) is 6.50. The molecule has 28 heavy (non-hydrogen) atoms. The van der Waals surface area contributed by atoms with Crippen LogP contribution in [0.3, 0.4) is 0 Å². The molecule has 1 fully saturated rings. The number of nitrogens with one attached hydrogen (secondary N) is 3. The highest BCUT2D eigenvalue weighted by Gasteiger charge is 2.22. The number of benzene rings is 2. The van der Waals surface area contributed by atoms with Crippen LogP contribution in [0.15, 0.2) is 65.6 Å². The highest BCUT2D eigenvalue weighted by molar-refractivity contribution is 7.85. The summed E-state index contributed by atoms with van der Waals surface area (Å²) < 4.78 is 31.3.